The second-order valence-corrected chi connectivity index (χ2v) is 6.73. The van der Waals surface area contributed by atoms with Crippen molar-refractivity contribution in [1.82, 2.24) is 4.90 Å². The SMILES string of the molecule is CN(c1ccccc1)C1CN(C(=O)Nc2cc(C(F)(F)F)cc(C(F)(F)F)c2)C1. The topological polar surface area (TPSA) is 35.6 Å². The van der Waals surface area contributed by atoms with E-state index in [1.807, 2.05) is 42.3 Å². The second-order valence-electron chi connectivity index (χ2n) is 6.73. The normalized spacial score (nSPS) is 15.1. The molecule has 0 unspecified atom stereocenters. The van der Waals surface area contributed by atoms with Crippen molar-refractivity contribution >= 4 is 17.4 Å². The van der Waals surface area contributed by atoms with Crippen LogP contribution in [-0.2, 0) is 12.4 Å². The zero-order chi connectivity index (χ0) is 21.4. The van der Waals surface area contributed by atoms with Crippen molar-refractivity contribution in [2.45, 2.75) is 18.4 Å². The Balaban J connectivity index is 1.68. The smallest absolute Gasteiger partial charge is 0.368 e. The van der Waals surface area contributed by atoms with Crippen molar-refractivity contribution in [3.8, 4) is 0 Å². The van der Waals surface area contributed by atoms with E-state index >= 15 is 0 Å². The molecule has 156 valence electrons. The van der Waals surface area contributed by atoms with E-state index in [0.29, 0.717) is 25.2 Å². The highest BCUT2D eigenvalue weighted by atomic mass is 19.4. The van der Waals surface area contributed by atoms with Crippen molar-refractivity contribution in [2.75, 3.05) is 30.4 Å². The third kappa shape index (κ3) is 4.75. The Morgan fingerprint density at radius 3 is 1.97 bits per heavy atom. The van der Waals surface area contributed by atoms with Gasteiger partial charge in [-0.1, -0.05) is 18.2 Å². The molecule has 1 aliphatic heterocycles. The lowest BCUT2D eigenvalue weighted by molar-refractivity contribution is -0.143. The number of hydrogen-bond donors (Lipinski definition) is 1. The largest absolute Gasteiger partial charge is 0.416 e. The van der Waals surface area contributed by atoms with Crippen molar-refractivity contribution in [1.29, 1.82) is 0 Å². The lowest BCUT2D eigenvalue weighted by Gasteiger charge is -2.44. The maximum absolute atomic E-state index is 12.9. The fourth-order valence-corrected chi connectivity index (χ4v) is 2.97. The summed E-state index contributed by atoms with van der Waals surface area (Å²) in [5.74, 6) is 0. The molecule has 1 fully saturated rings. The maximum atomic E-state index is 12.9. The van der Waals surface area contributed by atoms with Crippen LogP contribution in [0.25, 0.3) is 0 Å². The number of hydrogen-bond acceptors (Lipinski definition) is 2. The fraction of sp³-hybridized carbons (Fsp3) is 0.316. The number of benzene rings is 2. The molecule has 1 saturated heterocycles. The van der Waals surface area contributed by atoms with Crippen LogP contribution in [-0.4, -0.2) is 37.1 Å². The number of rotatable bonds is 3. The van der Waals surface area contributed by atoms with Crippen LogP contribution in [0.4, 0.5) is 42.5 Å². The highest BCUT2D eigenvalue weighted by molar-refractivity contribution is 5.90. The Morgan fingerprint density at radius 1 is 0.966 bits per heavy atom. The van der Waals surface area contributed by atoms with Crippen LogP contribution in [0.2, 0.25) is 0 Å². The van der Waals surface area contributed by atoms with Gasteiger partial charge in [0.1, 0.15) is 0 Å². The summed E-state index contributed by atoms with van der Waals surface area (Å²) in [5, 5.41) is 2.14. The lowest BCUT2D eigenvalue weighted by Crippen LogP contribution is -2.61. The lowest BCUT2D eigenvalue weighted by atomic mass is 10.1. The Kier molecular flexibility index (Phi) is 5.38. The van der Waals surface area contributed by atoms with Crippen molar-refractivity contribution in [3.05, 3.63) is 59.7 Å². The third-order valence-electron chi connectivity index (χ3n) is 4.70. The standard InChI is InChI=1S/C19H17F6N3O/c1-27(15-5-3-2-4-6-15)16-10-28(11-16)17(29)26-14-8-12(18(20,21)22)7-13(9-14)19(23,24)25/h2-9,16H,10-11H2,1H3,(H,26,29). The predicted octanol–water partition coefficient (Wildman–Crippen LogP) is 5.08. The number of urea groups is 1. The van der Waals surface area contributed by atoms with Gasteiger partial charge in [0, 0.05) is 31.5 Å². The Morgan fingerprint density at radius 2 is 1.48 bits per heavy atom. The van der Waals surface area contributed by atoms with Gasteiger partial charge in [-0.3, -0.25) is 0 Å². The number of amides is 2. The number of alkyl halides is 6. The zero-order valence-electron chi connectivity index (χ0n) is 15.2. The van der Waals surface area contributed by atoms with E-state index < -0.39 is 35.2 Å². The van der Waals surface area contributed by atoms with Crippen molar-refractivity contribution < 1.29 is 31.1 Å². The highest BCUT2D eigenvalue weighted by Gasteiger charge is 2.38. The van der Waals surface area contributed by atoms with Crippen LogP contribution >= 0.6 is 0 Å². The molecule has 10 heteroatoms. The summed E-state index contributed by atoms with van der Waals surface area (Å²) in [6.45, 7) is 0.588. The number of likely N-dealkylation sites (N-methyl/N-ethyl adjacent to an activating group) is 1. The summed E-state index contributed by atoms with van der Waals surface area (Å²) in [5.41, 5.74) is -2.58. The van der Waals surface area contributed by atoms with Gasteiger partial charge in [-0.2, -0.15) is 26.3 Å². The van der Waals surface area contributed by atoms with Gasteiger partial charge in [0.05, 0.1) is 17.2 Å². The van der Waals surface area contributed by atoms with E-state index in [-0.39, 0.29) is 12.1 Å². The van der Waals surface area contributed by atoms with Gasteiger partial charge in [-0.05, 0) is 30.3 Å². The van der Waals surface area contributed by atoms with Crippen molar-refractivity contribution in [3.63, 3.8) is 0 Å². The van der Waals surface area contributed by atoms with Crippen LogP contribution in [0.15, 0.2) is 48.5 Å². The van der Waals surface area contributed by atoms with E-state index in [1.165, 1.54) is 4.90 Å². The number of nitrogens with one attached hydrogen (secondary N) is 1. The molecule has 0 aliphatic carbocycles. The molecule has 0 atom stereocenters. The molecule has 29 heavy (non-hydrogen) atoms. The molecule has 1 aliphatic rings. The number of carbonyl (C=O) groups is 1. The van der Waals surface area contributed by atoms with Gasteiger partial charge in [-0.15, -0.1) is 0 Å². The van der Waals surface area contributed by atoms with Gasteiger partial charge in [0.25, 0.3) is 0 Å². The molecule has 4 nitrogen and oxygen atoms in total. The fourth-order valence-electron chi connectivity index (χ4n) is 2.97. The number of carbonyl (C=O) groups excluding carboxylic acids is 1. The molecule has 1 heterocycles. The highest BCUT2D eigenvalue weighted by Crippen LogP contribution is 2.37. The molecule has 0 bridgehead atoms. The first-order valence-corrected chi connectivity index (χ1v) is 8.58. The molecule has 0 saturated carbocycles. The molecule has 2 aromatic rings. The molecule has 0 spiro atoms. The zero-order valence-corrected chi connectivity index (χ0v) is 15.2. The summed E-state index contributed by atoms with van der Waals surface area (Å²) in [6, 6.07) is 9.61. The van der Waals surface area contributed by atoms with Gasteiger partial charge < -0.3 is 15.1 Å². The minimum Gasteiger partial charge on any atom is -0.368 e. The van der Waals surface area contributed by atoms with Crippen molar-refractivity contribution in [2.24, 2.45) is 0 Å². The molecule has 0 aromatic heterocycles. The first kappa shape index (κ1) is 20.8. The average molecular weight is 417 g/mol. The first-order valence-electron chi connectivity index (χ1n) is 8.58. The van der Waals surface area contributed by atoms with Gasteiger partial charge in [0.2, 0.25) is 0 Å². The number of likely N-dealkylation sites (tertiary alicyclic amines) is 1. The molecule has 2 amide bonds. The predicted molar refractivity (Wildman–Crippen MR) is 95.7 cm³/mol. The summed E-state index contributed by atoms with van der Waals surface area (Å²) in [6.07, 6.45) is -9.94. The first-order chi connectivity index (χ1) is 13.4. The summed E-state index contributed by atoms with van der Waals surface area (Å²) < 4.78 is 77.5. The third-order valence-corrected chi connectivity index (χ3v) is 4.70. The summed E-state index contributed by atoms with van der Waals surface area (Å²) in [4.78, 5) is 15.5. The average Bonchev–Trinajstić information content (AvgIpc) is 2.59. The monoisotopic (exact) mass is 417 g/mol. The maximum Gasteiger partial charge on any atom is 0.416 e. The van der Waals surface area contributed by atoms with Crippen LogP contribution < -0.4 is 10.2 Å². The molecule has 1 N–H and O–H groups in total. The Bertz CT molecular complexity index is 843. The van der Waals surface area contributed by atoms with Gasteiger partial charge in [0.15, 0.2) is 0 Å². The van der Waals surface area contributed by atoms with E-state index in [0.717, 1.165) is 5.69 Å². The molecular formula is C19H17F6N3O. The Hall–Kier alpha value is -2.91. The summed E-state index contributed by atoms with van der Waals surface area (Å²) in [7, 11) is 1.84. The quantitative estimate of drug-likeness (QED) is 0.708. The minimum absolute atomic E-state index is 0.00426. The van der Waals surface area contributed by atoms with Crippen LogP contribution in [0, 0.1) is 0 Å². The van der Waals surface area contributed by atoms with E-state index in [9.17, 15) is 31.1 Å². The van der Waals surface area contributed by atoms with E-state index in [2.05, 4.69) is 5.32 Å². The van der Waals surface area contributed by atoms with Crippen LogP contribution in [0.1, 0.15) is 11.1 Å². The number of anilines is 2. The number of nitrogens with zero attached hydrogens (tertiary/aromatic N) is 2. The molecule has 2 aromatic carbocycles. The number of halogens is 6. The van der Waals surface area contributed by atoms with Crippen LogP contribution in [0.5, 0.6) is 0 Å². The van der Waals surface area contributed by atoms with Gasteiger partial charge >= 0.3 is 18.4 Å². The van der Waals surface area contributed by atoms with E-state index in [1.54, 1.807) is 0 Å². The molecule has 3 rings (SSSR count). The second kappa shape index (κ2) is 7.49. The number of para-hydroxylation sites is 1. The van der Waals surface area contributed by atoms with Gasteiger partial charge in [-0.25, -0.2) is 4.79 Å². The molecule has 0 radical (unpaired) electrons. The summed E-state index contributed by atoms with van der Waals surface area (Å²) >= 11 is 0. The Labute approximate surface area is 162 Å². The van der Waals surface area contributed by atoms with E-state index in [4.69, 9.17) is 0 Å². The van der Waals surface area contributed by atoms with Crippen LogP contribution in [0.3, 0.4) is 0 Å². The minimum atomic E-state index is -4.97. The molecular weight excluding hydrogens is 400 g/mol.